The monoisotopic (exact) mass is 267 g/mol. The van der Waals surface area contributed by atoms with Crippen LogP contribution in [0.25, 0.3) is 0 Å². The van der Waals surface area contributed by atoms with Gasteiger partial charge in [0.15, 0.2) is 11.6 Å². The van der Waals surface area contributed by atoms with Crippen LogP contribution in [-0.4, -0.2) is 46.6 Å². The molecule has 104 valence electrons. The van der Waals surface area contributed by atoms with Crippen molar-refractivity contribution >= 4 is 11.8 Å². The van der Waals surface area contributed by atoms with Crippen LogP contribution in [0.3, 0.4) is 0 Å². The lowest BCUT2D eigenvalue weighted by Crippen LogP contribution is -2.31. The maximum absolute atomic E-state index is 13.8. The highest BCUT2D eigenvalue weighted by molar-refractivity contribution is 5.88. The molecular formula is C13H18FN3O2. The fourth-order valence-electron chi connectivity index (χ4n) is 2.09. The summed E-state index contributed by atoms with van der Waals surface area (Å²) in [6.45, 7) is 4.43. The van der Waals surface area contributed by atoms with Crippen molar-refractivity contribution in [2.45, 2.75) is 25.8 Å². The Balaban J connectivity index is 1.92. The van der Waals surface area contributed by atoms with E-state index < -0.39 is 11.8 Å². The van der Waals surface area contributed by atoms with Crippen LogP contribution < -0.4 is 5.32 Å². The lowest BCUT2D eigenvalue weighted by atomic mass is 10.2. The zero-order chi connectivity index (χ0) is 13.8. The van der Waals surface area contributed by atoms with Gasteiger partial charge in [-0.1, -0.05) is 6.92 Å². The van der Waals surface area contributed by atoms with Gasteiger partial charge >= 0.3 is 5.97 Å². The maximum atomic E-state index is 13.8. The number of aromatic nitrogens is 1. The summed E-state index contributed by atoms with van der Waals surface area (Å²) in [4.78, 5) is 17.0. The molecule has 0 radical (unpaired) electrons. The molecule has 1 heterocycles. The quantitative estimate of drug-likeness (QED) is 0.789. The molecule has 1 fully saturated rings. The SMILES string of the molecule is CCN(CCNc1nccc(C(=O)O)c1F)C1CC1. The van der Waals surface area contributed by atoms with E-state index in [-0.39, 0.29) is 11.4 Å². The summed E-state index contributed by atoms with van der Waals surface area (Å²) in [5.41, 5.74) is -0.355. The van der Waals surface area contributed by atoms with Gasteiger partial charge in [0, 0.05) is 25.3 Å². The van der Waals surface area contributed by atoms with Crippen molar-refractivity contribution in [3.63, 3.8) is 0 Å². The second-order valence-electron chi connectivity index (χ2n) is 4.61. The second kappa shape index (κ2) is 5.97. The molecule has 0 unspecified atom stereocenters. The van der Waals surface area contributed by atoms with Gasteiger partial charge in [-0.05, 0) is 25.5 Å². The predicted molar refractivity (Wildman–Crippen MR) is 69.9 cm³/mol. The number of carboxylic acid groups (broad SMARTS) is 1. The molecule has 2 N–H and O–H groups in total. The minimum atomic E-state index is -1.28. The highest BCUT2D eigenvalue weighted by Gasteiger charge is 2.27. The third-order valence-corrected chi connectivity index (χ3v) is 3.28. The number of nitrogens with zero attached hydrogens (tertiary/aromatic N) is 2. The largest absolute Gasteiger partial charge is 0.478 e. The van der Waals surface area contributed by atoms with Crippen molar-refractivity contribution in [2.24, 2.45) is 0 Å². The zero-order valence-electron chi connectivity index (χ0n) is 10.9. The molecule has 0 aliphatic heterocycles. The number of carboxylic acids is 1. The summed E-state index contributed by atoms with van der Waals surface area (Å²) in [7, 11) is 0. The molecule has 1 aromatic heterocycles. The molecule has 0 spiro atoms. The van der Waals surface area contributed by atoms with Crippen molar-refractivity contribution in [3.05, 3.63) is 23.6 Å². The summed E-state index contributed by atoms with van der Waals surface area (Å²) >= 11 is 0. The minimum absolute atomic E-state index is 0.00625. The van der Waals surface area contributed by atoms with Gasteiger partial charge in [0.25, 0.3) is 0 Å². The molecule has 0 aromatic carbocycles. The molecule has 1 aliphatic carbocycles. The van der Waals surface area contributed by atoms with E-state index >= 15 is 0 Å². The summed E-state index contributed by atoms with van der Waals surface area (Å²) < 4.78 is 13.8. The molecule has 0 saturated heterocycles. The average molecular weight is 267 g/mol. The summed E-state index contributed by atoms with van der Waals surface area (Å²) in [6.07, 6.45) is 3.76. The van der Waals surface area contributed by atoms with Crippen LogP contribution >= 0.6 is 0 Å². The molecule has 19 heavy (non-hydrogen) atoms. The van der Waals surface area contributed by atoms with Crippen molar-refractivity contribution in [1.82, 2.24) is 9.88 Å². The molecule has 5 nitrogen and oxygen atoms in total. The van der Waals surface area contributed by atoms with E-state index in [0.717, 1.165) is 19.2 Å². The standard InChI is InChI=1S/C13H18FN3O2/c1-2-17(9-3-4-9)8-7-16-12-11(14)10(13(18)19)5-6-15-12/h5-6,9H,2-4,7-8H2,1H3,(H,15,16)(H,18,19). The fourth-order valence-corrected chi connectivity index (χ4v) is 2.09. The van der Waals surface area contributed by atoms with Crippen LogP contribution in [0.4, 0.5) is 10.2 Å². The molecule has 1 aromatic rings. The molecule has 1 aliphatic rings. The third kappa shape index (κ3) is 3.41. The Kier molecular flexibility index (Phi) is 4.31. The molecule has 1 saturated carbocycles. The fraction of sp³-hybridized carbons (Fsp3) is 0.538. The number of pyridine rings is 1. The van der Waals surface area contributed by atoms with Crippen molar-refractivity contribution in [1.29, 1.82) is 0 Å². The number of hydrogen-bond acceptors (Lipinski definition) is 4. The lowest BCUT2D eigenvalue weighted by Gasteiger charge is -2.20. The van der Waals surface area contributed by atoms with Gasteiger partial charge in [-0.2, -0.15) is 0 Å². The normalized spacial score (nSPS) is 14.7. The number of hydrogen-bond donors (Lipinski definition) is 2. The Hall–Kier alpha value is -1.69. The number of aromatic carboxylic acids is 1. The number of halogens is 1. The van der Waals surface area contributed by atoms with Crippen LogP contribution in [-0.2, 0) is 0 Å². The summed E-state index contributed by atoms with van der Waals surface area (Å²) in [5, 5.41) is 11.7. The van der Waals surface area contributed by atoms with Crippen molar-refractivity contribution < 1.29 is 14.3 Å². The highest BCUT2D eigenvalue weighted by Crippen LogP contribution is 2.26. The van der Waals surface area contributed by atoms with Gasteiger partial charge in [-0.25, -0.2) is 14.2 Å². The van der Waals surface area contributed by atoms with E-state index in [0.29, 0.717) is 12.6 Å². The molecule has 0 atom stereocenters. The smallest absolute Gasteiger partial charge is 0.338 e. The van der Waals surface area contributed by atoms with E-state index in [1.54, 1.807) is 0 Å². The number of rotatable bonds is 7. The van der Waals surface area contributed by atoms with Gasteiger partial charge in [0.2, 0.25) is 0 Å². The van der Waals surface area contributed by atoms with Gasteiger partial charge in [0.1, 0.15) is 5.56 Å². The van der Waals surface area contributed by atoms with Crippen LogP contribution in [0.5, 0.6) is 0 Å². The number of likely N-dealkylation sites (N-methyl/N-ethyl adjacent to an activating group) is 1. The maximum Gasteiger partial charge on any atom is 0.338 e. The molecular weight excluding hydrogens is 249 g/mol. The van der Waals surface area contributed by atoms with Gasteiger partial charge in [-0.3, -0.25) is 4.90 Å². The Labute approximate surface area is 111 Å². The van der Waals surface area contributed by atoms with Gasteiger partial charge < -0.3 is 10.4 Å². The van der Waals surface area contributed by atoms with Gasteiger partial charge in [-0.15, -0.1) is 0 Å². The van der Waals surface area contributed by atoms with E-state index in [4.69, 9.17) is 5.11 Å². The van der Waals surface area contributed by atoms with Gasteiger partial charge in [0.05, 0.1) is 0 Å². The highest BCUT2D eigenvalue weighted by atomic mass is 19.1. The lowest BCUT2D eigenvalue weighted by molar-refractivity contribution is 0.0692. The van der Waals surface area contributed by atoms with E-state index in [9.17, 15) is 9.18 Å². The van der Waals surface area contributed by atoms with E-state index in [1.807, 2.05) is 0 Å². The Bertz CT molecular complexity index is 463. The van der Waals surface area contributed by atoms with Crippen LogP contribution in [0.15, 0.2) is 12.3 Å². The third-order valence-electron chi connectivity index (χ3n) is 3.28. The first-order valence-electron chi connectivity index (χ1n) is 6.49. The van der Waals surface area contributed by atoms with E-state index in [1.165, 1.54) is 19.0 Å². The van der Waals surface area contributed by atoms with Crippen LogP contribution in [0.1, 0.15) is 30.1 Å². The molecule has 2 rings (SSSR count). The Morgan fingerprint density at radius 1 is 1.63 bits per heavy atom. The average Bonchev–Trinajstić information content (AvgIpc) is 3.20. The number of nitrogens with one attached hydrogen (secondary N) is 1. The first-order valence-corrected chi connectivity index (χ1v) is 6.49. The van der Waals surface area contributed by atoms with Crippen molar-refractivity contribution in [2.75, 3.05) is 25.0 Å². The van der Waals surface area contributed by atoms with E-state index in [2.05, 4.69) is 22.1 Å². The topological polar surface area (TPSA) is 65.5 Å². The second-order valence-corrected chi connectivity index (χ2v) is 4.61. The molecule has 0 bridgehead atoms. The molecule has 6 heteroatoms. The number of carbonyl (C=O) groups is 1. The summed E-state index contributed by atoms with van der Waals surface area (Å²) in [5.74, 6) is -2.08. The minimum Gasteiger partial charge on any atom is -0.478 e. The Morgan fingerprint density at radius 2 is 2.37 bits per heavy atom. The first-order chi connectivity index (χ1) is 9.13. The number of anilines is 1. The van der Waals surface area contributed by atoms with Crippen LogP contribution in [0.2, 0.25) is 0 Å². The zero-order valence-corrected chi connectivity index (χ0v) is 10.9. The Morgan fingerprint density at radius 3 is 2.95 bits per heavy atom. The van der Waals surface area contributed by atoms with Crippen molar-refractivity contribution in [3.8, 4) is 0 Å². The summed E-state index contributed by atoms with van der Waals surface area (Å²) in [6, 6.07) is 1.82. The van der Waals surface area contributed by atoms with Crippen LogP contribution in [0, 0.1) is 5.82 Å². The first kappa shape index (κ1) is 13.7. The molecule has 0 amide bonds. The predicted octanol–water partition coefficient (Wildman–Crippen LogP) is 1.82.